The van der Waals surface area contributed by atoms with Crippen LogP contribution in [0.3, 0.4) is 0 Å². The summed E-state index contributed by atoms with van der Waals surface area (Å²) in [5, 5.41) is 10.8. The van der Waals surface area contributed by atoms with E-state index in [1.807, 2.05) is 12.3 Å². The van der Waals surface area contributed by atoms with Crippen LogP contribution < -0.4 is 4.90 Å². The van der Waals surface area contributed by atoms with Crippen molar-refractivity contribution in [1.29, 1.82) is 0 Å². The van der Waals surface area contributed by atoms with Gasteiger partial charge in [0.2, 0.25) is 0 Å². The first-order valence-electron chi connectivity index (χ1n) is 7.54. The van der Waals surface area contributed by atoms with E-state index >= 15 is 0 Å². The maximum absolute atomic E-state index is 10.8. The van der Waals surface area contributed by atoms with E-state index < -0.39 is 5.60 Å². The van der Waals surface area contributed by atoms with Crippen LogP contribution >= 0.6 is 15.9 Å². The smallest absolute Gasteiger partial charge is 0.106 e. The third-order valence-corrected chi connectivity index (χ3v) is 4.86. The summed E-state index contributed by atoms with van der Waals surface area (Å²) in [7, 11) is 0. The molecule has 1 aromatic heterocycles. The van der Waals surface area contributed by atoms with E-state index in [1.54, 1.807) is 0 Å². The van der Waals surface area contributed by atoms with Crippen LogP contribution in [-0.4, -0.2) is 66.5 Å². The first-order valence-corrected chi connectivity index (χ1v) is 8.33. The zero-order valence-electron chi connectivity index (χ0n) is 12.2. The number of hydrogen-bond donors (Lipinski definition) is 1. The van der Waals surface area contributed by atoms with Gasteiger partial charge in [0.1, 0.15) is 4.60 Å². The fourth-order valence-corrected chi connectivity index (χ4v) is 3.30. The van der Waals surface area contributed by atoms with Gasteiger partial charge in [-0.25, -0.2) is 4.98 Å². The van der Waals surface area contributed by atoms with Gasteiger partial charge in [-0.2, -0.15) is 0 Å². The van der Waals surface area contributed by atoms with Crippen LogP contribution in [0.4, 0.5) is 5.69 Å². The third kappa shape index (κ3) is 3.94. The van der Waals surface area contributed by atoms with Crippen LogP contribution in [0, 0.1) is 0 Å². The number of halogens is 1. The highest BCUT2D eigenvalue weighted by atomic mass is 79.9. The number of hydrogen-bond acceptors (Lipinski definition) is 5. The molecule has 2 aliphatic rings. The lowest BCUT2D eigenvalue weighted by Crippen LogP contribution is -2.53. The molecule has 1 aromatic rings. The number of ether oxygens (including phenoxy) is 1. The average Bonchev–Trinajstić information content (AvgIpc) is 2.50. The molecule has 5 nitrogen and oxygen atoms in total. The minimum Gasteiger partial charge on any atom is -0.388 e. The van der Waals surface area contributed by atoms with Crippen LogP contribution in [0.15, 0.2) is 22.9 Å². The molecule has 3 heterocycles. The van der Waals surface area contributed by atoms with Gasteiger partial charge in [0.05, 0.1) is 30.7 Å². The Morgan fingerprint density at radius 1 is 1.19 bits per heavy atom. The fourth-order valence-electron chi connectivity index (χ4n) is 3.07. The zero-order valence-corrected chi connectivity index (χ0v) is 13.8. The number of β-amino-alcohol motifs (C(OH)–C–C–N with tert-alkyl or cyclic N) is 1. The van der Waals surface area contributed by atoms with E-state index in [4.69, 9.17) is 4.74 Å². The predicted octanol–water partition coefficient (Wildman–Crippen LogP) is 1.51. The summed E-state index contributed by atoms with van der Waals surface area (Å²) in [6.07, 6.45) is 3.50. The van der Waals surface area contributed by atoms with Gasteiger partial charge in [0, 0.05) is 32.7 Å². The number of rotatable bonds is 3. The number of morpholine rings is 1. The van der Waals surface area contributed by atoms with Crippen LogP contribution in [0.5, 0.6) is 0 Å². The third-order valence-electron chi connectivity index (χ3n) is 4.39. The van der Waals surface area contributed by atoms with Gasteiger partial charge in [-0.05, 0) is 40.9 Å². The SMILES string of the molecule is OC1(CN2CCOCC2)CCN(c2ccc(Br)nc2)CC1. The molecule has 0 spiro atoms. The summed E-state index contributed by atoms with van der Waals surface area (Å²) in [6, 6.07) is 4.04. The van der Waals surface area contributed by atoms with Crippen molar-refractivity contribution in [2.45, 2.75) is 18.4 Å². The summed E-state index contributed by atoms with van der Waals surface area (Å²) >= 11 is 3.36. The molecular weight excluding hydrogens is 334 g/mol. The first-order chi connectivity index (χ1) is 10.1. The summed E-state index contributed by atoms with van der Waals surface area (Å²) < 4.78 is 6.22. The number of piperidine rings is 1. The average molecular weight is 356 g/mol. The molecular formula is C15H22BrN3O2. The van der Waals surface area contributed by atoms with Crippen molar-refractivity contribution >= 4 is 21.6 Å². The van der Waals surface area contributed by atoms with Crippen molar-refractivity contribution in [1.82, 2.24) is 9.88 Å². The van der Waals surface area contributed by atoms with Crippen molar-refractivity contribution < 1.29 is 9.84 Å². The van der Waals surface area contributed by atoms with Gasteiger partial charge in [-0.15, -0.1) is 0 Å². The molecule has 2 saturated heterocycles. The summed E-state index contributed by atoms with van der Waals surface area (Å²) in [4.78, 5) is 8.89. The largest absolute Gasteiger partial charge is 0.388 e. The first kappa shape index (κ1) is 15.2. The number of aromatic nitrogens is 1. The van der Waals surface area contributed by atoms with E-state index in [1.165, 1.54) is 0 Å². The van der Waals surface area contributed by atoms with Gasteiger partial charge in [-0.1, -0.05) is 0 Å². The fraction of sp³-hybridized carbons (Fsp3) is 0.667. The van der Waals surface area contributed by atoms with Crippen molar-refractivity contribution in [2.24, 2.45) is 0 Å². The van der Waals surface area contributed by atoms with E-state index in [9.17, 15) is 5.11 Å². The molecule has 2 fully saturated rings. The molecule has 21 heavy (non-hydrogen) atoms. The Morgan fingerprint density at radius 3 is 2.52 bits per heavy atom. The van der Waals surface area contributed by atoms with E-state index in [0.717, 1.165) is 69.1 Å². The molecule has 0 atom stereocenters. The van der Waals surface area contributed by atoms with Crippen LogP contribution in [0.25, 0.3) is 0 Å². The highest BCUT2D eigenvalue weighted by Gasteiger charge is 2.34. The number of pyridine rings is 1. The monoisotopic (exact) mass is 355 g/mol. The highest BCUT2D eigenvalue weighted by Crippen LogP contribution is 2.27. The van der Waals surface area contributed by atoms with Crippen molar-refractivity contribution in [2.75, 3.05) is 50.8 Å². The molecule has 0 aliphatic carbocycles. The second-order valence-corrected chi connectivity index (χ2v) is 6.75. The molecule has 0 radical (unpaired) electrons. The summed E-state index contributed by atoms with van der Waals surface area (Å²) in [5.41, 5.74) is 0.572. The molecule has 0 bridgehead atoms. The Morgan fingerprint density at radius 2 is 1.90 bits per heavy atom. The van der Waals surface area contributed by atoms with E-state index in [0.29, 0.717) is 0 Å². The lowest BCUT2D eigenvalue weighted by atomic mass is 9.90. The number of nitrogens with zero attached hydrogens (tertiary/aromatic N) is 3. The van der Waals surface area contributed by atoms with E-state index in [2.05, 4.69) is 36.8 Å². The van der Waals surface area contributed by atoms with Crippen molar-refractivity contribution in [3.63, 3.8) is 0 Å². The van der Waals surface area contributed by atoms with Gasteiger partial charge < -0.3 is 14.7 Å². The molecule has 2 aliphatic heterocycles. The minimum atomic E-state index is -0.559. The van der Waals surface area contributed by atoms with Crippen LogP contribution in [-0.2, 0) is 4.74 Å². The molecule has 1 N–H and O–H groups in total. The molecule has 0 aromatic carbocycles. The summed E-state index contributed by atoms with van der Waals surface area (Å²) in [5.74, 6) is 0. The quantitative estimate of drug-likeness (QED) is 0.832. The van der Waals surface area contributed by atoms with Gasteiger partial charge in [0.15, 0.2) is 0 Å². The van der Waals surface area contributed by atoms with Gasteiger partial charge in [-0.3, -0.25) is 4.90 Å². The molecule has 0 unspecified atom stereocenters. The molecule has 6 heteroatoms. The maximum Gasteiger partial charge on any atom is 0.106 e. The van der Waals surface area contributed by atoms with Crippen molar-refractivity contribution in [3.05, 3.63) is 22.9 Å². The number of anilines is 1. The topological polar surface area (TPSA) is 48.8 Å². The normalized spacial score (nSPS) is 23.2. The van der Waals surface area contributed by atoms with Gasteiger partial charge >= 0.3 is 0 Å². The Hall–Kier alpha value is -0.690. The van der Waals surface area contributed by atoms with E-state index in [-0.39, 0.29) is 0 Å². The zero-order chi connectivity index (χ0) is 14.7. The van der Waals surface area contributed by atoms with Crippen LogP contribution in [0.1, 0.15) is 12.8 Å². The molecule has 3 rings (SSSR count). The second kappa shape index (κ2) is 6.60. The van der Waals surface area contributed by atoms with Gasteiger partial charge in [0.25, 0.3) is 0 Å². The Labute approximate surface area is 134 Å². The Kier molecular flexibility index (Phi) is 4.78. The molecule has 116 valence electrons. The predicted molar refractivity (Wildman–Crippen MR) is 85.6 cm³/mol. The van der Waals surface area contributed by atoms with Crippen molar-refractivity contribution in [3.8, 4) is 0 Å². The molecule has 0 saturated carbocycles. The molecule has 0 amide bonds. The number of aliphatic hydroxyl groups is 1. The van der Waals surface area contributed by atoms with Crippen LogP contribution in [0.2, 0.25) is 0 Å². The lowest BCUT2D eigenvalue weighted by Gasteiger charge is -2.42. The highest BCUT2D eigenvalue weighted by molar-refractivity contribution is 9.10. The Balaban J connectivity index is 1.54. The Bertz CT molecular complexity index is 454. The lowest BCUT2D eigenvalue weighted by molar-refractivity contribution is -0.0440. The standard InChI is InChI=1S/C15H22BrN3O2/c16-14-2-1-13(11-17-14)19-5-3-15(20,4-6-19)12-18-7-9-21-10-8-18/h1-2,11,20H,3-10,12H2. The second-order valence-electron chi connectivity index (χ2n) is 5.94. The maximum atomic E-state index is 10.8. The summed E-state index contributed by atoms with van der Waals surface area (Å²) in [6.45, 7) is 5.96. The minimum absolute atomic E-state index is 0.559.